The summed E-state index contributed by atoms with van der Waals surface area (Å²) in [5, 5.41) is 3.37. The maximum atomic E-state index is 4.91. The summed E-state index contributed by atoms with van der Waals surface area (Å²) in [5.41, 5.74) is 2.44. The van der Waals surface area contributed by atoms with Crippen LogP contribution in [0.3, 0.4) is 0 Å². The Bertz CT molecular complexity index is 338. The van der Waals surface area contributed by atoms with Gasteiger partial charge in [-0.15, -0.1) is 0 Å². The van der Waals surface area contributed by atoms with Crippen molar-refractivity contribution in [2.24, 2.45) is 0 Å². The van der Waals surface area contributed by atoms with Gasteiger partial charge in [-0.1, -0.05) is 32.9 Å². The molecule has 0 aromatic heterocycles. The highest BCUT2D eigenvalue weighted by atomic mass is 32.1. The van der Waals surface area contributed by atoms with Crippen molar-refractivity contribution in [3.63, 3.8) is 0 Å². The zero-order chi connectivity index (χ0) is 11.5. The number of benzene rings is 1. The van der Waals surface area contributed by atoms with E-state index in [0.717, 1.165) is 5.69 Å². The Hall–Kier alpha value is -1.09. The minimum absolute atomic E-state index is 0.181. The highest BCUT2D eigenvalue weighted by molar-refractivity contribution is 7.80. The van der Waals surface area contributed by atoms with E-state index in [-0.39, 0.29) is 5.41 Å². The monoisotopic (exact) mass is 223 g/mol. The molecule has 0 saturated carbocycles. The molecule has 1 aromatic carbocycles. The van der Waals surface area contributed by atoms with E-state index < -0.39 is 0 Å². The first kappa shape index (κ1) is 12.0. The van der Waals surface area contributed by atoms with Crippen molar-refractivity contribution in [3.05, 3.63) is 29.8 Å². The first-order chi connectivity index (χ1) is 6.93. The molecule has 0 aliphatic heterocycles. The van der Waals surface area contributed by atoms with Crippen molar-refractivity contribution in [3.8, 4) is 0 Å². The van der Waals surface area contributed by atoms with Crippen LogP contribution in [0.1, 0.15) is 26.3 Å². The molecule has 1 N–H and O–H groups in total. The van der Waals surface area contributed by atoms with Gasteiger partial charge in [0, 0.05) is 5.69 Å². The molecular formula is C12H17NOS. The number of anilines is 1. The van der Waals surface area contributed by atoms with E-state index in [9.17, 15) is 0 Å². The Morgan fingerprint density at radius 3 is 2.13 bits per heavy atom. The van der Waals surface area contributed by atoms with Crippen molar-refractivity contribution >= 4 is 23.1 Å². The van der Waals surface area contributed by atoms with Gasteiger partial charge in [0.05, 0.1) is 7.11 Å². The van der Waals surface area contributed by atoms with Crippen molar-refractivity contribution in [1.29, 1.82) is 0 Å². The number of hydrogen-bond donors (Lipinski definition) is 1. The Morgan fingerprint density at radius 2 is 1.73 bits per heavy atom. The first-order valence-corrected chi connectivity index (χ1v) is 5.30. The van der Waals surface area contributed by atoms with Crippen LogP contribution < -0.4 is 5.32 Å². The predicted molar refractivity (Wildman–Crippen MR) is 68.4 cm³/mol. The minimum atomic E-state index is 0.181. The lowest BCUT2D eigenvalue weighted by molar-refractivity contribution is 0.413. The fraction of sp³-hybridized carbons (Fsp3) is 0.417. The van der Waals surface area contributed by atoms with Crippen LogP contribution >= 0.6 is 12.2 Å². The maximum absolute atomic E-state index is 4.91. The van der Waals surface area contributed by atoms with Crippen LogP contribution in [0.15, 0.2) is 24.3 Å². The highest BCUT2D eigenvalue weighted by Gasteiger charge is 2.12. The lowest BCUT2D eigenvalue weighted by atomic mass is 9.87. The van der Waals surface area contributed by atoms with E-state index in [1.165, 1.54) is 5.56 Å². The molecular weight excluding hydrogens is 206 g/mol. The molecule has 1 aromatic rings. The summed E-state index contributed by atoms with van der Waals surface area (Å²) < 4.78 is 4.87. The normalized spacial score (nSPS) is 10.9. The Balaban J connectivity index is 2.77. The van der Waals surface area contributed by atoms with Crippen LogP contribution in [-0.4, -0.2) is 12.3 Å². The van der Waals surface area contributed by atoms with Crippen LogP contribution in [0.25, 0.3) is 0 Å². The molecule has 0 heterocycles. The maximum Gasteiger partial charge on any atom is 0.260 e. The molecule has 0 amide bonds. The van der Waals surface area contributed by atoms with Crippen LogP contribution in [-0.2, 0) is 10.2 Å². The summed E-state index contributed by atoms with van der Waals surface area (Å²) in [6.45, 7) is 6.57. The van der Waals surface area contributed by atoms with Crippen LogP contribution in [0.5, 0.6) is 0 Å². The molecule has 1 rings (SSSR count). The van der Waals surface area contributed by atoms with E-state index in [2.05, 4.69) is 38.2 Å². The Morgan fingerprint density at radius 1 is 1.20 bits per heavy atom. The van der Waals surface area contributed by atoms with Gasteiger partial charge in [0.2, 0.25) is 0 Å². The molecule has 0 saturated heterocycles. The van der Waals surface area contributed by atoms with Gasteiger partial charge in [0.15, 0.2) is 0 Å². The standard InChI is InChI=1S/C12H17NOS/c1-12(2,3)9-5-7-10(8-6-9)13-11(15)14-4/h5-8H,1-4H3,(H,13,15). The average Bonchev–Trinajstić information content (AvgIpc) is 2.17. The smallest absolute Gasteiger partial charge is 0.260 e. The summed E-state index contributed by atoms with van der Waals surface area (Å²) in [7, 11) is 1.55. The van der Waals surface area contributed by atoms with Gasteiger partial charge in [-0.25, -0.2) is 0 Å². The molecule has 0 bridgehead atoms. The summed E-state index contributed by atoms with van der Waals surface area (Å²) in [5.74, 6) is 0. The molecule has 15 heavy (non-hydrogen) atoms. The lowest BCUT2D eigenvalue weighted by Crippen LogP contribution is -2.12. The van der Waals surface area contributed by atoms with E-state index in [1.54, 1.807) is 7.11 Å². The topological polar surface area (TPSA) is 21.3 Å². The molecule has 0 aliphatic carbocycles. The summed E-state index contributed by atoms with van der Waals surface area (Å²) in [6.07, 6.45) is 0. The second-order valence-electron chi connectivity index (χ2n) is 4.44. The third-order valence-electron chi connectivity index (χ3n) is 2.18. The molecule has 0 atom stereocenters. The van der Waals surface area contributed by atoms with Gasteiger partial charge in [-0.3, -0.25) is 0 Å². The second kappa shape index (κ2) is 4.62. The molecule has 0 unspecified atom stereocenters. The van der Waals surface area contributed by atoms with Gasteiger partial charge < -0.3 is 10.1 Å². The zero-order valence-corrected chi connectivity index (χ0v) is 10.4. The third-order valence-corrected chi connectivity index (χ3v) is 2.45. The molecule has 2 nitrogen and oxygen atoms in total. The Labute approximate surface area is 96.6 Å². The third kappa shape index (κ3) is 3.51. The van der Waals surface area contributed by atoms with Crippen molar-refractivity contribution in [2.75, 3.05) is 12.4 Å². The van der Waals surface area contributed by atoms with Gasteiger partial charge in [0.25, 0.3) is 5.17 Å². The highest BCUT2D eigenvalue weighted by Crippen LogP contribution is 2.23. The summed E-state index contributed by atoms with van der Waals surface area (Å²) >= 11 is 4.91. The van der Waals surface area contributed by atoms with Crippen LogP contribution in [0.2, 0.25) is 0 Å². The van der Waals surface area contributed by atoms with E-state index in [4.69, 9.17) is 17.0 Å². The van der Waals surface area contributed by atoms with E-state index >= 15 is 0 Å². The lowest BCUT2D eigenvalue weighted by Gasteiger charge is -2.19. The molecule has 0 aliphatic rings. The van der Waals surface area contributed by atoms with Crippen LogP contribution in [0.4, 0.5) is 5.69 Å². The number of thiocarbonyl (C=S) groups is 1. The minimum Gasteiger partial charge on any atom is -0.474 e. The quantitative estimate of drug-likeness (QED) is 0.738. The van der Waals surface area contributed by atoms with E-state index in [1.807, 2.05) is 12.1 Å². The fourth-order valence-electron chi connectivity index (χ4n) is 1.22. The predicted octanol–water partition coefficient (Wildman–Crippen LogP) is 3.33. The molecule has 3 heteroatoms. The van der Waals surface area contributed by atoms with Crippen LogP contribution in [0, 0.1) is 0 Å². The van der Waals surface area contributed by atoms with Gasteiger partial charge in [-0.05, 0) is 35.3 Å². The summed E-state index contributed by atoms with van der Waals surface area (Å²) in [4.78, 5) is 0. The van der Waals surface area contributed by atoms with Crippen molar-refractivity contribution < 1.29 is 4.74 Å². The first-order valence-electron chi connectivity index (χ1n) is 4.89. The number of ether oxygens (including phenoxy) is 1. The molecule has 82 valence electrons. The van der Waals surface area contributed by atoms with Crippen molar-refractivity contribution in [1.82, 2.24) is 0 Å². The number of methoxy groups -OCH3 is 1. The number of hydrogen-bond acceptors (Lipinski definition) is 2. The number of rotatable bonds is 1. The van der Waals surface area contributed by atoms with E-state index in [0.29, 0.717) is 5.17 Å². The largest absolute Gasteiger partial charge is 0.474 e. The Kier molecular flexibility index (Phi) is 3.69. The van der Waals surface area contributed by atoms with Gasteiger partial charge in [-0.2, -0.15) is 0 Å². The second-order valence-corrected chi connectivity index (χ2v) is 4.81. The molecule has 0 spiro atoms. The molecule has 0 radical (unpaired) electrons. The van der Waals surface area contributed by atoms with Crippen molar-refractivity contribution in [2.45, 2.75) is 26.2 Å². The van der Waals surface area contributed by atoms with Gasteiger partial charge in [0.1, 0.15) is 0 Å². The SMILES string of the molecule is COC(=S)Nc1ccc(C(C)(C)C)cc1. The molecule has 0 fully saturated rings. The number of nitrogens with one attached hydrogen (secondary N) is 1. The summed E-state index contributed by atoms with van der Waals surface area (Å²) in [6, 6.07) is 8.21. The zero-order valence-electron chi connectivity index (χ0n) is 9.63. The average molecular weight is 223 g/mol. The van der Waals surface area contributed by atoms with Gasteiger partial charge >= 0.3 is 0 Å². The fourth-order valence-corrected chi connectivity index (χ4v) is 1.34.